The van der Waals surface area contributed by atoms with Crippen molar-refractivity contribution in [1.82, 2.24) is 9.88 Å². The number of aromatic nitrogens is 2. The van der Waals surface area contributed by atoms with E-state index in [-0.39, 0.29) is 17.2 Å². The predicted octanol–water partition coefficient (Wildman–Crippen LogP) is 3.10. The molecule has 164 valence electrons. The van der Waals surface area contributed by atoms with Crippen LogP contribution in [0, 0.1) is 11.3 Å². The van der Waals surface area contributed by atoms with Crippen LogP contribution < -0.4 is 9.88 Å². The van der Waals surface area contributed by atoms with Crippen LogP contribution in [0.15, 0.2) is 73.1 Å². The molecule has 0 spiro atoms. The molecule has 1 N–H and O–H groups in total. The number of methoxy groups -OCH3 is 1. The number of benzene rings is 2. The summed E-state index contributed by atoms with van der Waals surface area (Å²) >= 11 is 0. The summed E-state index contributed by atoms with van der Waals surface area (Å²) in [5.41, 5.74) is 3.49. The van der Waals surface area contributed by atoms with Gasteiger partial charge in [-0.1, -0.05) is 30.3 Å². The third-order valence-electron chi connectivity index (χ3n) is 5.47. The minimum Gasteiger partial charge on any atom is -0.465 e. The summed E-state index contributed by atoms with van der Waals surface area (Å²) < 4.78 is 8.75. The number of para-hydroxylation sites is 1. The highest BCUT2D eigenvalue weighted by Crippen LogP contribution is 2.28. The number of pyridine rings is 1. The molecule has 0 saturated heterocycles. The van der Waals surface area contributed by atoms with Crippen molar-refractivity contribution in [2.75, 3.05) is 7.11 Å². The van der Waals surface area contributed by atoms with Crippen molar-refractivity contribution in [3.05, 3.63) is 101 Å². The minimum atomic E-state index is -0.576. The molecule has 0 aliphatic carbocycles. The van der Waals surface area contributed by atoms with E-state index >= 15 is 0 Å². The Kier molecular flexibility index (Phi) is 6.18. The number of nitriles is 1. The molecule has 0 radical (unpaired) electrons. The molecule has 2 heterocycles. The quantitative estimate of drug-likeness (QED) is 0.369. The molecule has 0 bridgehead atoms. The van der Waals surface area contributed by atoms with Gasteiger partial charge in [-0.3, -0.25) is 4.79 Å². The second-order valence-electron chi connectivity index (χ2n) is 7.69. The SMILES string of the molecule is COC(=O)c1c(C(=O)NCc2cc[n+](C)cc2)n(Cc2cccc(C#N)c2)c2ccccc12. The number of amides is 1. The van der Waals surface area contributed by atoms with Gasteiger partial charge in [0.25, 0.3) is 5.91 Å². The summed E-state index contributed by atoms with van der Waals surface area (Å²) in [6.45, 7) is 0.628. The third-order valence-corrected chi connectivity index (χ3v) is 5.47. The van der Waals surface area contributed by atoms with E-state index in [1.54, 1.807) is 28.8 Å². The molecule has 2 aromatic heterocycles. The van der Waals surface area contributed by atoms with Gasteiger partial charge in [0.2, 0.25) is 0 Å². The van der Waals surface area contributed by atoms with Crippen LogP contribution in [-0.2, 0) is 24.9 Å². The van der Waals surface area contributed by atoms with Crippen LogP contribution in [0.4, 0.5) is 0 Å². The number of carbonyl (C=O) groups excluding carboxylic acids is 2. The van der Waals surface area contributed by atoms with Crippen molar-refractivity contribution in [3.63, 3.8) is 0 Å². The van der Waals surface area contributed by atoms with Crippen LogP contribution in [0.3, 0.4) is 0 Å². The van der Waals surface area contributed by atoms with Crippen LogP contribution in [0.2, 0.25) is 0 Å². The maximum Gasteiger partial charge on any atom is 0.340 e. The lowest BCUT2D eigenvalue weighted by atomic mass is 10.1. The van der Waals surface area contributed by atoms with E-state index in [9.17, 15) is 14.9 Å². The molecule has 0 atom stereocenters. The molecule has 4 rings (SSSR count). The van der Waals surface area contributed by atoms with E-state index in [4.69, 9.17) is 4.74 Å². The first-order valence-electron chi connectivity index (χ1n) is 10.4. The number of hydrogen-bond donors (Lipinski definition) is 1. The standard InChI is InChI=1S/C26H22N4O3/c1-29-12-10-18(11-13-29)16-28-25(31)24-23(26(32)33-2)21-8-3-4-9-22(21)30(24)17-20-7-5-6-19(14-20)15-27/h3-14H,16-17H2,1-2H3/p+1. The number of ether oxygens (including phenoxy) is 1. The van der Waals surface area contributed by atoms with Gasteiger partial charge in [0.15, 0.2) is 12.4 Å². The van der Waals surface area contributed by atoms with Gasteiger partial charge in [-0.05, 0) is 29.3 Å². The average molecular weight is 439 g/mol. The van der Waals surface area contributed by atoms with Gasteiger partial charge in [-0.2, -0.15) is 5.26 Å². The molecule has 0 fully saturated rings. The zero-order valence-corrected chi connectivity index (χ0v) is 18.4. The molecule has 0 aliphatic heterocycles. The summed E-state index contributed by atoms with van der Waals surface area (Å²) in [5, 5.41) is 12.8. The van der Waals surface area contributed by atoms with Crippen molar-refractivity contribution in [2.24, 2.45) is 7.05 Å². The monoisotopic (exact) mass is 439 g/mol. The summed E-state index contributed by atoms with van der Waals surface area (Å²) in [6, 6.07) is 20.5. The Balaban J connectivity index is 1.80. The molecule has 0 saturated carbocycles. The molecule has 33 heavy (non-hydrogen) atoms. The number of hydrogen-bond acceptors (Lipinski definition) is 4. The molecule has 1 amide bonds. The lowest BCUT2D eigenvalue weighted by Crippen LogP contribution is -2.29. The Hall–Kier alpha value is -4.44. The first kappa shape index (κ1) is 21.8. The molecule has 0 aliphatic rings. The number of aryl methyl sites for hydroxylation is 1. The summed E-state index contributed by atoms with van der Waals surface area (Å²) in [4.78, 5) is 26.2. The van der Waals surface area contributed by atoms with Gasteiger partial charge in [0, 0.05) is 36.1 Å². The second kappa shape index (κ2) is 9.37. The van der Waals surface area contributed by atoms with Gasteiger partial charge in [0.05, 0.1) is 24.3 Å². The van der Waals surface area contributed by atoms with Crippen molar-refractivity contribution < 1.29 is 18.9 Å². The fourth-order valence-electron chi connectivity index (χ4n) is 3.85. The van der Waals surface area contributed by atoms with Gasteiger partial charge in [-0.25, -0.2) is 9.36 Å². The van der Waals surface area contributed by atoms with Crippen LogP contribution in [0.25, 0.3) is 10.9 Å². The predicted molar refractivity (Wildman–Crippen MR) is 122 cm³/mol. The molecule has 0 unspecified atom stereocenters. The number of nitrogens with one attached hydrogen (secondary N) is 1. The van der Waals surface area contributed by atoms with E-state index in [1.165, 1.54) is 7.11 Å². The van der Waals surface area contributed by atoms with Crippen molar-refractivity contribution in [2.45, 2.75) is 13.1 Å². The lowest BCUT2D eigenvalue weighted by Gasteiger charge is -2.13. The largest absolute Gasteiger partial charge is 0.465 e. The summed E-state index contributed by atoms with van der Waals surface area (Å²) in [5.74, 6) is -0.955. The van der Waals surface area contributed by atoms with Gasteiger partial charge in [0.1, 0.15) is 12.7 Å². The van der Waals surface area contributed by atoms with Crippen LogP contribution >= 0.6 is 0 Å². The number of nitrogens with zero attached hydrogens (tertiary/aromatic N) is 3. The zero-order chi connectivity index (χ0) is 23.4. The van der Waals surface area contributed by atoms with E-state index < -0.39 is 5.97 Å². The summed E-state index contributed by atoms with van der Waals surface area (Å²) in [7, 11) is 3.22. The Bertz CT molecular complexity index is 1380. The first-order chi connectivity index (χ1) is 16.0. The number of fused-ring (bicyclic) bond motifs is 1. The fraction of sp³-hybridized carbons (Fsp3) is 0.154. The zero-order valence-electron chi connectivity index (χ0n) is 18.4. The Morgan fingerprint density at radius 1 is 1.06 bits per heavy atom. The Labute approximate surface area is 191 Å². The molecule has 7 nitrogen and oxygen atoms in total. The third kappa shape index (κ3) is 4.46. The average Bonchev–Trinajstić information content (AvgIpc) is 3.17. The lowest BCUT2D eigenvalue weighted by molar-refractivity contribution is -0.671. The highest BCUT2D eigenvalue weighted by atomic mass is 16.5. The minimum absolute atomic E-state index is 0.224. The molecular formula is C26H23N4O3+. The Morgan fingerprint density at radius 3 is 2.55 bits per heavy atom. The smallest absolute Gasteiger partial charge is 0.340 e. The van der Waals surface area contributed by atoms with E-state index in [2.05, 4.69) is 11.4 Å². The van der Waals surface area contributed by atoms with Crippen LogP contribution in [-0.4, -0.2) is 23.6 Å². The van der Waals surface area contributed by atoms with Crippen LogP contribution in [0.5, 0.6) is 0 Å². The van der Waals surface area contributed by atoms with Crippen molar-refractivity contribution in [1.29, 1.82) is 5.26 Å². The first-order valence-corrected chi connectivity index (χ1v) is 10.4. The van der Waals surface area contributed by atoms with E-state index in [1.807, 2.05) is 60.4 Å². The molecule has 7 heteroatoms. The maximum absolute atomic E-state index is 13.4. The molecular weight excluding hydrogens is 416 g/mol. The van der Waals surface area contributed by atoms with Crippen LogP contribution in [0.1, 0.15) is 37.5 Å². The van der Waals surface area contributed by atoms with Gasteiger partial charge < -0.3 is 14.6 Å². The molecule has 2 aromatic carbocycles. The highest BCUT2D eigenvalue weighted by Gasteiger charge is 2.27. The number of carbonyl (C=O) groups is 2. The normalized spacial score (nSPS) is 10.6. The second-order valence-corrected chi connectivity index (χ2v) is 7.69. The Morgan fingerprint density at radius 2 is 1.82 bits per heavy atom. The maximum atomic E-state index is 13.4. The fourth-order valence-corrected chi connectivity index (χ4v) is 3.85. The van der Waals surface area contributed by atoms with Crippen molar-refractivity contribution >= 4 is 22.8 Å². The van der Waals surface area contributed by atoms with Gasteiger partial charge >= 0.3 is 5.97 Å². The topological polar surface area (TPSA) is 88.0 Å². The highest BCUT2D eigenvalue weighted by molar-refractivity contribution is 6.14. The van der Waals surface area contributed by atoms with Gasteiger partial charge in [-0.15, -0.1) is 0 Å². The number of esters is 1. The molecule has 4 aromatic rings. The van der Waals surface area contributed by atoms with E-state index in [0.29, 0.717) is 24.0 Å². The van der Waals surface area contributed by atoms with E-state index in [0.717, 1.165) is 16.6 Å². The summed E-state index contributed by atoms with van der Waals surface area (Å²) in [6.07, 6.45) is 3.81. The van der Waals surface area contributed by atoms with Crippen molar-refractivity contribution in [3.8, 4) is 6.07 Å². The number of rotatable bonds is 6.